The van der Waals surface area contributed by atoms with Crippen LogP contribution in [0, 0.1) is 6.20 Å². The molecular weight excluding hydrogens is 128 g/mol. The number of carbonyl (C=O) groups is 1. The van der Waals surface area contributed by atoms with Crippen molar-refractivity contribution >= 4 is 5.91 Å². The van der Waals surface area contributed by atoms with E-state index in [1.807, 2.05) is 12.2 Å². The quantitative estimate of drug-likeness (QED) is 0.566. The van der Waals surface area contributed by atoms with Gasteiger partial charge in [0.25, 0.3) is 0 Å². The van der Waals surface area contributed by atoms with Crippen LogP contribution in [0.15, 0.2) is 18.2 Å². The third kappa shape index (κ3) is 1.93. The minimum atomic E-state index is -0.323. The van der Waals surface area contributed by atoms with Crippen LogP contribution in [0.1, 0.15) is 0 Å². The van der Waals surface area contributed by atoms with E-state index in [9.17, 15) is 4.79 Å². The summed E-state index contributed by atoms with van der Waals surface area (Å²) in [6, 6.07) is 0. The molecule has 1 amide bonds. The number of carbonyl (C=O) groups excluding carboxylic acids is 1. The molecule has 53 valence electrons. The minimum absolute atomic E-state index is 0.251. The Morgan fingerprint density at radius 1 is 1.80 bits per heavy atom. The van der Waals surface area contributed by atoms with Gasteiger partial charge in [-0.15, -0.1) is 0 Å². The van der Waals surface area contributed by atoms with Gasteiger partial charge in [0.1, 0.15) is 0 Å². The van der Waals surface area contributed by atoms with Crippen molar-refractivity contribution in [3.63, 3.8) is 0 Å². The maximum absolute atomic E-state index is 10.4. The first kappa shape index (κ1) is 6.86. The van der Waals surface area contributed by atoms with Crippen molar-refractivity contribution in [3.8, 4) is 0 Å². The number of amides is 1. The first-order chi connectivity index (χ1) is 4.79. The molecule has 1 aliphatic rings. The van der Waals surface area contributed by atoms with Crippen LogP contribution in [0.5, 0.6) is 0 Å². The van der Waals surface area contributed by atoms with E-state index in [4.69, 9.17) is 5.73 Å². The number of hydrogen-bond acceptors (Lipinski definition) is 2. The molecule has 1 rings (SSSR count). The van der Waals surface area contributed by atoms with Gasteiger partial charge in [0, 0.05) is 6.54 Å². The summed E-state index contributed by atoms with van der Waals surface area (Å²) in [7, 11) is 0. The van der Waals surface area contributed by atoms with Crippen molar-refractivity contribution < 1.29 is 4.79 Å². The van der Waals surface area contributed by atoms with Gasteiger partial charge >= 0.3 is 0 Å². The van der Waals surface area contributed by atoms with E-state index in [1.54, 1.807) is 11.0 Å². The average molecular weight is 137 g/mol. The molecule has 0 aromatic heterocycles. The predicted octanol–water partition coefficient (Wildman–Crippen LogP) is -0.340. The molecule has 3 heteroatoms. The normalized spacial score (nSPS) is 15.8. The summed E-state index contributed by atoms with van der Waals surface area (Å²) in [5.41, 5.74) is 4.96. The van der Waals surface area contributed by atoms with Gasteiger partial charge in [0.2, 0.25) is 5.91 Å². The summed E-state index contributed by atoms with van der Waals surface area (Å²) < 4.78 is 0. The SMILES string of the molecule is NC(=O)CN1[C]=CC=CC1. The fraction of sp³-hybridized carbons (Fsp3) is 0.286. The molecule has 1 aliphatic heterocycles. The summed E-state index contributed by atoms with van der Waals surface area (Å²) >= 11 is 0. The molecule has 0 spiro atoms. The Bertz CT molecular complexity index is 184. The maximum atomic E-state index is 10.4. The molecule has 0 aromatic carbocycles. The van der Waals surface area contributed by atoms with E-state index >= 15 is 0 Å². The van der Waals surface area contributed by atoms with Crippen LogP contribution in [0.3, 0.4) is 0 Å². The Kier molecular flexibility index (Phi) is 2.10. The van der Waals surface area contributed by atoms with Gasteiger partial charge in [0.15, 0.2) is 0 Å². The zero-order valence-corrected chi connectivity index (χ0v) is 5.58. The maximum Gasteiger partial charge on any atom is 0.236 e. The number of nitrogens with two attached hydrogens (primary N) is 1. The molecule has 0 bridgehead atoms. The molecule has 2 N–H and O–H groups in total. The highest BCUT2D eigenvalue weighted by Gasteiger charge is 2.02. The third-order valence-corrected chi connectivity index (χ3v) is 1.16. The highest BCUT2D eigenvalue weighted by molar-refractivity contribution is 5.76. The van der Waals surface area contributed by atoms with Crippen molar-refractivity contribution in [2.45, 2.75) is 0 Å². The number of rotatable bonds is 2. The highest BCUT2D eigenvalue weighted by atomic mass is 16.1. The van der Waals surface area contributed by atoms with E-state index < -0.39 is 0 Å². The Labute approximate surface area is 59.8 Å². The van der Waals surface area contributed by atoms with Crippen molar-refractivity contribution in [2.75, 3.05) is 13.1 Å². The van der Waals surface area contributed by atoms with E-state index in [2.05, 4.69) is 6.20 Å². The topological polar surface area (TPSA) is 46.3 Å². The lowest BCUT2D eigenvalue weighted by Crippen LogP contribution is -2.31. The van der Waals surface area contributed by atoms with Gasteiger partial charge in [-0.05, 0) is 6.08 Å². The highest BCUT2D eigenvalue weighted by Crippen LogP contribution is 1.94. The smallest absolute Gasteiger partial charge is 0.236 e. The summed E-state index contributed by atoms with van der Waals surface area (Å²) in [5, 5.41) is 0. The van der Waals surface area contributed by atoms with Crippen LogP contribution in [0.25, 0.3) is 0 Å². The van der Waals surface area contributed by atoms with Crippen molar-refractivity contribution in [1.29, 1.82) is 0 Å². The second-order valence-corrected chi connectivity index (χ2v) is 2.07. The molecule has 1 radical (unpaired) electrons. The van der Waals surface area contributed by atoms with Crippen LogP contribution in [-0.2, 0) is 4.79 Å². The van der Waals surface area contributed by atoms with E-state index in [1.165, 1.54) is 0 Å². The van der Waals surface area contributed by atoms with Crippen molar-refractivity contribution in [1.82, 2.24) is 4.90 Å². The lowest BCUT2D eigenvalue weighted by Gasteiger charge is -2.16. The number of primary amides is 1. The average Bonchev–Trinajstić information content (AvgIpc) is 1.88. The molecule has 1 heterocycles. The van der Waals surface area contributed by atoms with Crippen LogP contribution in [-0.4, -0.2) is 23.9 Å². The zero-order valence-electron chi connectivity index (χ0n) is 5.58. The van der Waals surface area contributed by atoms with Gasteiger partial charge in [-0.25, -0.2) is 0 Å². The minimum Gasteiger partial charge on any atom is -0.368 e. The zero-order chi connectivity index (χ0) is 7.40. The van der Waals surface area contributed by atoms with Gasteiger partial charge in [-0.3, -0.25) is 4.79 Å². The molecule has 0 saturated heterocycles. The Morgan fingerprint density at radius 2 is 2.60 bits per heavy atom. The van der Waals surface area contributed by atoms with Gasteiger partial charge < -0.3 is 10.6 Å². The molecule has 0 saturated carbocycles. The number of nitrogens with zero attached hydrogens (tertiary/aromatic N) is 1. The summed E-state index contributed by atoms with van der Waals surface area (Å²) in [6.07, 6.45) is 8.46. The van der Waals surface area contributed by atoms with E-state index in [-0.39, 0.29) is 12.5 Å². The molecule has 0 fully saturated rings. The monoisotopic (exact) mass is 137 g/mol. The number of hydrogen-bond donors (Lipinski definition) is 1. The fourth-order valence-electron chi connectivity index (χ4n) is 0.756. The standard InChI is InChI=1S/C7H9N2O/c8-7(10)6-9-4-2-1-3-5-9/h1-3H,4,6H2,(H2,8,10). The molecule has 0 aliphatic carbocycles. The summed E-state index contributed by atoms with van der Waals surface area (Å²) in [4.78, 5) is 12.1. The van der Waals surface area contributed by atoms with Crippen LogP contribution < -0.4 is 5.73 Å². The van der Waals surface area contributed by atoms with Crippen molar-refractivity contribution in [2.24, 2.45) is 5.73 Å². The van der Waals surface area contributed by atoms with Crippen molar-refractivity contribution in [3.05, 3.63) is 24.4 Å². The van der Waals surface area contributed by atoms with Crippen LogP contribution in [0.4, 0.5) is 0 Å². The lowest BCUT2D eigenvalue weighted by atomic mass is 10.3. The predicted molar refractivity (Wildman–Crippen MR) is 37.7 cm³/mol. The largest absolute Gasteiger partial charge is 0.368 e. The summed E-state index contributed by atoms with van der Waals surface area (Å²) in [5.74, 6) is -0.323. The molecule has 0 aromatic rings. The Balaban J connectivity index is 2.37. The first-order valence-electron chi connectivity index (χ1n) is 3.07. The van der Waals surface area contributed by atoms with E-state index in [0.717, 1.165) is 6.54 Å². The van der Waals surface area contributed by atoms with Crippen LogP contribution in [0.2, 0.25) is 0 Å². The van der Waals surface area contributed by atoms with Crippen LogP contribution >= 0.6 is 0 Å². The molecule has 0 unspecified atom stereocenters. The van der Waals surface area contributed by atoms with Gasteiger partial charge in [-0.1, -0.05) is 12.2 Å². The number of allylic oxidation sites excluding steroid dienone is 2. The van der Waals surface area contributed by atoms with Gasteiger partial charge in [-0.2, -0.15) is 0 Å². The molecule has 3 nitrogen and oxygen atoms in total. The summed E-state index contributed by atoms with van der Waals surface area (Å²) in [6.45, 7) is 0.972. The first-order valence-corrected chi connectivity index (χ1v) is 3.07. The molecule has 0 atom stereocenters. The lowest BCUT2D eigenvalue weighted by molar-refractivity contribution is -0.118. The van der Waals surface area contributed by atoms with E-state index in [0.29, 0.717) is 0 Å². The Hall–Kier alpha value is -1.25. The van der Waals surface area contributed by atoms with Gasteiger partial charge in [0.05, 0.1) is 12.7 Å². The molecule has 10 heavy (non-hydrogen) atoms. The third-order valence-electron chi connectivity index (χ3n) is 1.16. The Morgan fingerprint density at radius 3 is 3.10 bits per heavy atom. The fourth-order valence-corrected chi connectivity index (χ4v) is 0.756. The second-order valence-electron chi connectivity index (χ2n) is 2.07. The molecular formula is C7H9N2O. The second kappa shape index (κ2) is 3.06.